The van der Waals surface area contributed by atoms with Crippen LogP contribution in [0.3, 0.4) is 0 Å². The fourth-order valence-electron chi connectivity index (χ4n) is 3.56. The van der Waals surface area contributed by atoms with Gasteiger partial charge in [-0.05, 0) is 54.2 Å². The fraction of sp³-hybridized carbons (Fsp3) is 0.333. The molecule has 1 atom stereocenters. The highest BCUT2D eigenvalue weighted by Gasteiger charge is 2.16. The number of aromatic amines is 1. The van der Waals surface area contributed by atoms with Gasteiger partial charge in [0.1, 0.15) is 0 Å². The van der Waals surface area contributed by atoms with E-state index in [1.807, 2.05) is 11.3 Å². The molecule has 4 rings (SSSR count). The van der Waals surface area contributed by atoms with Crippen molar-refractivity contribution in [2.24, 2.45) is 0 Å². The predicted molar refractivity (Wildman–Crippen MR) is 113 cm³/mol. The number of H-pyrrole nitrogens is 1. The summed E-state index contributed by atoms with van der Waals surface area (Å²) in [5.74, 6) is 2.30. The summed E-state index contributed by atoms with van der Waals surface area (Å²) >= 11 is 3.91. The van der Waals surface area contributed by atoms with Crippen LogP contribution in [-0.4, -0.2) is 23.3 Å². The zero-order valence-electron chi connectivity index (χ0n) is 14.5. The third kappa shape index (κ3) is 3.86. The highest BCUT2D eigenvalue weighted by Crippen LogP contribution is 2.29. The Labute approximate surface area is 157 Å². The fourth-order valence-corrected chi connectivity index (χ4v) is 5.51. The molecule has 2 N–H and O–H groups in total. The second-order valence-corrected chi connectivity index (χ2v) is 8.68. The number of aryl methyl sites for hydroxylation is 1. The molecule has 130 valence electrons. The van der Waals surface area contributed by atoms with Crippen molar-refractivity contribution in [3.05, 3.63) is 64.0 Å². The molecular weight excluding hydrogens is 344 g/mol. The molecular formula is C21H24N2S2. The third-order valence-corrected chi connectivity index (χ3v) is 6.91. The normalized spacial score (nSPS) is 17.8. The minimum absolute atomic E-state index is 0.610. The van der Waals surface area contributed by atoms with Crippen LogP contribution in [0.2, 0.25) is 0 Å². The van der Waals surface area contributed by atoms with E-state index in [9.17, 15) is 0 Å². The first kappa shape index (κ1) is 17.0. The minimum Gasteiger partial charge on any atom is -0.358 e. The average Bonchev–Trinajstić information content (AvgIpc) is 3.27. The van der Waals surface area contributed by atoms with E-state index in [0.717, 1.165) is 18.7 Å². The standard InChI is InChI=1S/C21H24N2S2/c1-15-19(18-5-2-3-6-20(18)23-15)14-24-12-9-17-13-16(8-10-22-17)21-7-4-11-25-21/h2-8,11,17,22-23H,9-10,12-14H2,1H3. The van der Waals surface area contributed by atoms with Gasteiger partial charge in [0.2, 0.25) is 0 Å². The van der Waals surface area contributed by atoms with Gasteiger partial charge in [-0.1, -0.05) is 30.3 Å². The molecule has 1 aliphatic rings. The van der Waals surface area contributed by atoms with Gasteiger partial charge in [0.25, 0.3) is 0 Å². The molecule has 0 aliphatic carbocycles. The van der Waals surface area contributed by atoms with Gasteiger partial charge in [0, 0.05) is 39.8 Å². The Morgan fingerprint density at radius 3 is 3.00 bits per heavy atom. The number of thioether (sulfide) groups is 1. The van der Waals surface area contributed by atoms with Gasteiger partial charge < -0.3 is 10.3 Å². The highest BCUT2D eigenvalue weighted by molar-refractivity contribution is 7.98. The predicted octanol–water partition coefficient (Wildman–Crippen LogP) is 5.61. The van der Waals surface area contributed by atoms with Gasteiger partial charge in [-0.15, -0.1) is 11.3 Å². The summed E-state index contributed by atoms with van der Waals surface area (Å²) in [5.41, 5.74) is 5.57. The Morgan fingerprint density at radius 1 is 1.20 bits per heavy atom. The lowest BCUT2D eigenvalue weighted by molar-refractivity contribution is 0.525. The molecule has 25 heavy (non-hydrogen) atoms. The third-order valence-electron chi connectivity index (χ3n) is 4.94. The molecule has 4 heteroatoms. The SMILES string of the molecule is Cc1[nH]c2ccccc2c1CSCCC1CC(c2cccs2)=CCN1. The van der Waals surface area contributed by atoms with Crippen LogP contribution in [-0.2, 0) is 5.75 Å². The van der Waals surface area contributed by atoms with E-state index in [1.54, 1.807) is 0 Å². The molecule has 0 saturated carbocycles. The highest BCUT2D eigenvalue weighted by atomic mass is 32.2. The molecule has 2 nitrogen and oxygen atoms in total. The second-order valence-electron chi connectivity index (χ2n) is 6.63. The summed E-state index contributed by atoms with van der Waals surface area (Å²) in [6, 6.07) is 13.6. The number of aromatic nitrogens is 1. The van der Waals surface area contributed by atoms with Crippen molar-refractivity contribution in [3.8, 4) is 0 Å². The number of hydrogen-bond acceptors (Lipinski definition) is 3. The zero-order valence-corrected chi connectivity index (χ0v) is 16.2. The lowest BCUT2D eigenvalue weighted by Crippen LogP contribution is -2.33. The molecule has 3 heterocycles. The molecule has 0 saturated heterocycles. The second kappa shape index (κ2) is 7.81. The van der Waals surface area contributed by atoms with Gasteiger partial charge in [-0.25, -0.2) is 0 Å². The van der Waals surface area contributed by atoms with E-state index in [2.05, 4.69) is 76.8 Å². The Morgan fingerprint density at radius 2 is 2.12 bits per heavy atom. The summed E-state index contributed by atoms with van der Waals surface area (Å²) in [6.45, 7) is 3.20. The first-order chi connectivity index (χ1) is 12.3. The largest absolute Gasteiger partial charge is 0.358 e. The maximum Gasteiger partial charge on any atom is 0.0459 e. The van der Waals surface area contributed by atoms with Crippen molar-refractivity contribution in [3.63, 3.8) is 0 Å². The first-order valence-electron chi connectivity index (χ1n) is 8.91. The van der Waals surface area contributed by atoms with Crippen molar-refractivity contribution in [1.29, 1.82) is 0 Å². The number of benzene rings is 1. The molecule has 1 aromatic carbocycles. The van der Waals surface area contributed by atoms with Gasteiger partial charge in [-0.3, -0.25) is 0 Å². The average molecular weight is 369 g/mol. The first-order valence-corrected chi connectivity index (χ1v) is 10.9. The number of rotatable bonds is 6. The van der Waals surface area contributed by atoms with E-state index in [4.69, 9.17) is 0 Å². The van der Waals surface area contributed by atoms with Crippen LogP contribution in [0.1, 0.15) is 29.0 Å². The van der Waals surface area contributed by atoms with Crippen molar-refractivity contribution in [2.75, 3.05) is 12.3 Å². The number of hydrogen-bond donors (Lipinski definition) is 2. The topological polar surface area (TPSA) is 27.8 Å². The Balaban J connectivity index is 1.30. The Kier molecular flexibility index (Phi) is 5.30. The molecule has 0 bridgehead atoms. The van der Waals surface area contributed by atoms with Crippen LogP contribution in [0.4, 0.5) is 0 Å². The summed E-state index contributed by atoms with van der Waals surface area (Å²) in [6.07, 6.45) is 4.74. The maximum atomic E-state index is 3.65. The van der Waals surface area contributed by atoms with E-state index in [1.165, 1.54) is 44.8 Å². The maximum absolute atomic E-state index is 3.65. The molecule has 1 aliphatic heterocycles. The summed E-state index contributed by atoms with van der Waals surface area (Å²) < 4.78 is 0. The molecule has 3 aromatic rings. The Hall–Kier alpha value is -1.49. The van der Waals surface area contributed by atoms with Crippen LogP contribution in [0.25, 0.3) is 16.5 Å². The van der Waals surface area contributed by atoms with E-state index < -0.39 is 0 Å². The zero-order chi connectivity index (χ0) is 17.1. The summed E-state index contributed by atoms with van der Waals surface area (Å²) in [7, 11) is 0. The van der Waals surface area contributed by atoms with Crippen molar-refractivity contribution in [1.82, 2.24) is 10.3 Å². The van der Waals surface area contributed by atoms with E-state index in [-0.39, 0.29) is 0 Å². The number of thiophene rings is 1. The lowest BCUT2D eigenvalue weighted by atomic mass is 9.99. The minimum atomic E-state index is 0.610. The number of para-hydroxylation sites is 1. The molecule has 0 radical (unpaired) electrons. The van der Waals surface area contributed by atoms with Crippen molar-refractivity contribution < 1.29 is 0 Å². The molecule has 2 aromatic heterocycles. The molecule has 0 amide bonds. The van der Waals surface area contributed by atoms with Gasteiger partial charge in [-0.2, -0.15) is 11.8 Å². The molecule has 0 fully saturated rings. The van der Waals surface area contributed by atoms with Crippen LogP contribution >= 0.6 is 23.1 Å². The number of fused-ring (bicyclic) bond motifs is 1. The van der Waals surface area contributed by atoms with Crippen LogP contribution in [0, 0.1) is 6.92 Å². The smallest absolute Gasteiger partial charge is 0.0459 e. The molecule has 1 unspecified atom stereocenters. The van der Waals surface area contributed by atoms with Crippen LogP contribution in [0.5, 0.6) is 0 Å². The summed E-state index contributed by atoms with van der Waals surface area (Å²) in [4.78, 5) is 4.95. The van der Waals surface area contributed by atoms with Gasteiger partial charge in [0.15, 0.2) is 0 Å². The van der Waals surface area contributed by atoms with Crippen molar-refractivity contribution >= 4 is 39.6 Å². The van der Waals surface area contributed by atoms with Crippen LogP contribution < -0.4 is 5.32 Å². The monoisotopic (exact) mass is 368 g/mol. The van der Waals surface area contributed by atoms with Gasteiger partial charge in [0.05, 0.1) is 0 Å². The summed E-state index contributed by atoms with van der Waals surface area (Å²) in [5, 5.41) is 7.21. The van der Waals surface area contributed by atoms with E-state index >= 15 is 0 Å². The van der Waals surface area contributed by atoms with E-state index in [0.29, 0.717) is 6.04 Å². The van der Waals surface area contributed by atoms with Gasteiger partial charge >= 0.3 is 0 Å². The lowest BCUT2D eigenvalue weighted by Gasteiger charge is -2.23. The Bertz CT molecular complexity index is 861. The van der Waals surface area contributed by atoms with Crippen molar-refractivity contribution in [2.45, 2.75) is 31.6 Å². The van der Waals surface area contributed by atoms with Crippen LogP contribution in [0.15, 0.2) is 47.9 Å². The number of nitrogens with one attached hydrogen (secondary N) is 2. The quantitative estimate of drug-likeness (QED) is 0.554. The molecule has 0 spiro atoms.